The highest BCUT2D eigenvalue weighted by molar-refractivity contribution is 5.87. The lowest BCUT2D eigenvalue weighted by atomic mass is 9.72. The van der Waals surface area contributed by atoms with Gasteiger partial charge in [0.05, 0.1) is 0 Å². The molecule has 0 aliphatic heterocycles. The van der Waals surface area contributed by atoms with Crippen LogP contribution in [0.2, 0.25) is 0 Å². The molecule has 0 aromatic heterocycles. The fraction of sp³-hybridized carbons (Fsp3) is 0.750. The summed E-state index contributed by atoms with van der Waals surface area (Å²) in [6.45, 7) is 8.06. The quantitative estimate of drug-likeness (QED) is 0.689. The molecule has 0 aromatic rings. The van der Waals surface area contributed by atoms with E-state index in [0.717, 1.165) is 12.8 Å². The zero-order chi connectivity index (χ0) is 10.6. The number of hydrogen-bond acceptors (Lipinski definition) is 1. The van der Waals surface area contributed by atoms with Gasteiger partial charge in [-0.05, 0) is 37.2 Å². The van der Waals surface area contributed by atoms with Crippen molar-refractivity contribution >= 4 is 5.91 Å². The lowest BCUT2D eigenvalue weighted by Gasteiger charge is -2.36. The molecular formula is C12H21NO. The van der Waals surface area contributed by atoms with Crippen molar-refractivity contribution in [2.24, 2.45) is 5.41 Å². The second kappa shape index (κ2) is 4.63. The van der Waals surface area contributed by atoms with Gasteiger partial charge < -0.3 is 5.32 Å². The minimum atomic E-state index is -0.0323. The molecule has 0 heterocycles. The van der Waals surface area contributed by atoms with Crippen LogP contribution in [0.3, 0.4) is 0 Å². The van der Waals surface area contributed by atoms with Crippen LogP contribution in [-0.4, -0.2) is 11.9 Å². The minimum absolute atomic E-state index is 0.0323. The van der Waals surface area contributed by atoms with Crippen LogP contribution in [-0.2, 0) is 4.79 Å². The van der Waals surface area contributed by atoms with E-state index in [1.165, 1.54) is 25.3 Å². The van der Waals surface area contributed by atoms with Crippen LogP contribution in [0.15, 0.2) is 12.7 Å². The molecule has 1 rings (SSSR count). The molecule has 0 radical (unpaired) electrons. The van der Waals surface area contributed by atoms with Crippen molar-refractivity contribution in [3.63, 3.8) is 0 Å². The maximum Gasteiger partial charge on any atom is 0.243 e. The lowest BCUT2D eigenvalue weighted by Crippen LogP contribution is -2.38. The highest BCUT2D eigenvalue weighted by Gasteiger charge is 2.29. The van der Waals surface area contributed by atoms with E-state index in [2.05, 4.69) is 25.7 Å². The van der Waals surface area contributed by atoms with E-state index in [0.29, 0.717) is 11.5 Å². The molecule has 1 saturated carbocycles. The number of amides is 1. The van der Waals surface area contributed by atoms with Crippen LogP contribution >= 0.6 is 0 Å². The zero-order valence-electron chi connectivity index (χ0n) is 9.31. The van der Waals surface area contributed by atoms with Crippen molar-refractivity contribution in [3.8, 4) is 0 Å². The normalized spacial score (nSPS) is 32.3. The standard InChI is InChI=1S/C12H21NO/c1-4-11(14)13-10-6-8-12(3,5-2)9-7-10/h4,10H,1,5-9H2,2-3H3,(H,13,14). The van der Waals surface area contributed by atoms with Crippen molar-refractivity contribution in [3.05, 3.63) is 12.7 Å². The van der Waals surface area contributed by atoms with Crippen molar-refractivity contribution in [1.29, 1.82) is 0 Å². The first-order chi connectivity index (χ1) is 6.59. The topological polar surface area (TPSA) is 29.1 Å². The van der Waals surface area contributed by atoms with E-state index in [1.807, 2.05) is 0 Å². The first-order valence-electron chi connectivity index (χ1n) is 5.52. The van der Waals surface area contributed by atoms with Gasteiger partial charge in [-0.1, -0.05) is 26.8 Å². The molecule has 2 heteroatoms. The van der Waals surface area contributed by atoms with Gasteiger partial charge in [-0.2, -0.15) is 0 Å². The molecule has 0 bridgehead atoms. The summed E-state index contributed by atoms with van der Waals surface area (Å²) >= 11 is 0. The Morgan fingerprint density at radius 3 is 2.57 bits per heavy atom. The van der Waals surface area contributed by atoms with Crippen LogP contribution in [0.1, 0.15) is 46.0 Å². The Hall–Kier alpha value is -0.790. The third kappa shape index (κ3) is 2.86. The molecule has 1 aliphatic carbocycles. The third-order valence-electron chi connectivity index (χ3n) is 3.58. The second-order valence-corrected chi connectivity index (χ2v) is 4.65. The van der Waals surface area contributed by atoms with Crippen LogP contribution in [0.5, 0.6) is 0 Å². The van der Waals surface area contributed by atoms with Crippen LogP contribution < -0.4 is 5.32 Å². The molecule has 2 nitrogen and oxygen atoms in total. The number of hydrogen-bond donors (Lipinski definition) is 1. The average molecular weight is 195 g/mol. The molecule has 1 aliphatic rings. The van der Waals surface area contributed by atoms with Gasteiger partial charge >= 0.3 is 0 Å². The average Bonchev–Trinajstić information content (AvgIpc) is 2.21. The van der Waals surface area contributed by atoms with Crippen molar-refractivity contribution in [1.82, 2.24) is 5.32 Å². The number of nitrogens with one attached hydrogen (secondary N) is 1. The predicted octanol–water partition coefficient (Wildman–Crippen LogP) is 2.65. The summed E-state index contributed by atoms with van der Waals surface area (Å²) in [5, 5.41) is 2.97. The summed E-state index contributed by atoms with van der Waals surface area (Å²) in [4.78, 5) is 11.1. The Labute approximate surface area is 86.8 Å². The summed E-state index contributed by atoms with van der Waals surface area (Å²) in [5.74, 6) is -0.0323. The van der Waals surface area contributed by atoms with Crippen LogP contribution in [0.25, 0.3) is 0 Å². The molecule has 0 spiro atoms. The van der Waals surface area contributed by atoms with E-state index >= 15 is 0 Å². The summed E-state index contributed by atoms with van der Waals surface area (Å²) in [6, 6.07) is 0.375. The predicted molar refractivity (Wildman–Crippen MR) is 59.0 cm³/mol. The largest absolute Gasteiger partial charge is 0.350 e. The monoisotopic (exact) mass is 195 g/mol. The molecule has 0 aromatic carbocycles. The van der Waals surface area contributed by atoms with Crippen LogP contribution in [0.4, 0.5) is 0 Å². The molecule has 1 amide bonds. The van der Waals surface area contributed by atoms with E-state index in [-0.39, 0.29) is 5.91 Å². The van der Waals surface area contributed by atoms with Crippen molar-refractivity contribution < 1.29 is 4.79 Å². The molecule has 1 fully saturated rings. The third-order valence-corrected chi connectivity index (χ3v) is 3.58. The summed E-state index contributed by atoms with van der Waals surface area (Å²) in [5.41, 5.74) is 0.509. The van der Waals surface area contributed by atoms with Crippen molar-refractivity contribution in [2.45, 2.75) is 52.0 Å². The highest BCUT2D eigenvalue weighted by Crippen LogP contribution is 2.38. The van der Waals surface area contributed by atoms with Crippen LogP contribution in [0, 0.1) is 5.41 Å². The molecule has 0 unspecified atom stereocenters. The smallest absolute Gasteiger partial charge is 0.243 e. The summed E-state index contributed by atoms with van der Waals surface area (Å²) in [6.07, 6.45) is 7.29. The second-order valence-electron chi connectivity index (χ2n) is 4.65. The van der Waals surface area contributed by atoms with Crippen molar-refractivity contribution in [2.75, 3.05) is 0 Å². The molecule has 80 valence electrons. The Morgan fingerprint density at radius 1 is 1.57 bits per heavy atom. The first kappa shape index (κ1) is 11.3. The van der Waals surface area contributed by atoms with Gasteiger partial charge in [-0.3, -0.25) is 4.79 Å². The number of rotatable bonds is 3. The van der Waals surface area contributed by atoms with E-state index in [1.54, 1.807) is 0 Å². The highest BCUT2D eigenvalue weighted by atomic mass is 16.1. The van der Waals surface area contributed by atoms with Gasteiger partial charge in [-0.25, -0.2) is 0 Å². The fourth-order valence-electron chi connectivity index (χ4n) is 2.07. The van der Waals surface area contributed by atoms with Gasteiger partial charge in [0.25, 0.3) is 0 Å². The SMILES string of the molecule is C=CC(=O)NC1CCC(C)(CC)CC1. The Bertz CT molecular complexity index is 214. The first-order valence-corrected chi connectivity index (χ1v) is 5.52. The summed E-state index contributed by atoms with van der Waals surface area (Å²) in [7, 11) is 0. The fourth-order valence-corrected chi connectivity index (χ4v) is 2.07. The minimum Gasteiger partial charge on any atom is -0.350 e. The molecule has 1 N–H and O–H groups in total. The van der Waals surface area contributed by atoms with Gasteiger partial charge in [-0.15, -0.1) is 0 Å². The van der Waals surface area contributed by atoms with Gasteiger partial charge in [0.15, 0.2) is 0 Å². The molecular weight excluding hydrogens is 174 g/mol. The van der Waals surface area contributed by atoms with E-state index < -0.39 is 0 Å². The zero-order valence-corrected chi connectivity index (χ0v) is 9.31. The molecule has 14 heavy (non-hydrogen) atoms. The number of carbonyl (C=O) groups excluding carboxylic acids is 1. The van der Waals surface area contributed by atoms with E-state index in [4.69, 9.17) is 0 Å². The van der Waals surface area contributed by atoms with Gasteiger partial charge in [0.2, 0.25) is 5.91 Å². The Kier molecular flexibility index (Phi) is 3.73. The van der Waals surface area contributed by atoms with Gasteiger partial charge in [0.1, 0.15) is 0 Å². The molecule has 0 atom stereocenters. The maximum atomic E-state index is 11.1. The maximum absolute atomic E-state index is 11.1. The lowest BCUT2D eigenvalue weighted by molar-refractivity contribution is -0.117. The molecule has 0 saturated heterocycles. The number of carbonyl (C=O) groups is 1. The Morgan fingerprint density at radius 2 is 2.14 bits per heavy atom. The Balaban J connectivity index is 2.36. The summed E-state index contributed by atoms with van der Waals surface area (Å²) < 4.78 is 0. The van der Waals surface area contributed by atoms with Gasteiger partial charge in [0, 0.05) is 6.04 Å². The van der Waals surface area contributed by atoms with E-state index in [9.17, 15) is 4.79 Å².